The Balaban J connectivity index is 1.80. The number of thioether (sulfide) groups is 1. The van der Waals surface area contributed by atoms with Gasteiger partial charge in [0.25, 0.3) is 5.91 Å². The van der Waals surface area contributed by atoms with Gasteiger partial charge >= 0.3 is 0 Å². The minimum absolute atomic E-state index is 0.0133. The first-order valence-electron chi connectivity index (χ1n) is 10.1. The van der Waals surface area contributed by atoms with E-state index < -0.39 is 11.9 Å². The van der Waals surface area contributed by atoms with Gasteiger partial charge in [0.15, 0.2) is 0 Å². The molecule has 0 bridgehead atoms. The fourth-order valence-corrected chi connectivity index (χ4v) is 5.70. The monoisotopic (exact) mass is 407 g/mol. The molecule has 2 atom stereocenters. The predicted molar refractivity (Wildman–Crippen MR) is 111 cm³/mol. The second kappa shape index (κ2) is 9.74. The number of likely N-dealkylation sites (N-methyl/N-ethyl adjacent to an activating group) is 1. The van der Waals surface area contributed by atoms with Gasteiger partial charge in [0.05, 0.1) is 5.37 Å². The fourth-order valence-electron chi connectivity index (χ4n) is 4.06. The van der Waals surface area contributed by atoms with Crippen LogP contribution in [-0.4, -0.2) is 66.0 Å². The van der Waals surface area contributed by atoms with Crippen LogP contribution in [0.1, 0.15) is 42.5 Å². The van der Waals surface area contributed by atoms with Crippen LogP contribution >= 0.6 is 11.8 Å². The Labute approximate surface area is 171 Å². The van der Waals surface area contributed by atoms with Crippen LogP contribution in [0.2, 0.25) is 0 Å². The second-order valence-corrected chi connectivity index (χ2v) is 9.10. The normalized spacial score (nSPS) is 23.2. The Morgan fingerprint density at radius 3 is 2.68 bits per heavy atom. The van der Waals surface area contributed by atoms with Crippen molar-refractivity contribution in [3.05, 3.63) is 35.6 Å². The zero-order valence-corrected chi connectivity index (χ0v) is 17.5. The summed E-state index contributed by atoms with van der Waals surface area (Å²) in [5.74, 6) is 0.204. The first kappa shape index (κ1) is 21.1. The first-order chi connectivity index (χ1) is 13.5. The molecular weight excluding hydrogens is 377 g/mol. The van der Waals surface area contributed by atoms with Crippen molar-refractivity contribution in [1.82, 2.24) is 15.1 Å². The molecule has 1 saturated heterocycles. The van der Waals surface area contributed by atoms with E-state index in [-0.39, 0.29) is 17.2 Å². The van der Waals surface area contributed by atoms with Crippen LogP contribution in [0.4, 0.5) is 4.39 Å². The Morgan fingerprint density at radius 2 is 2.00 bits per heavy atom. The van der Waals surface area contributed by atoms with Crippen LogP contribution in [0.25, 0.3) is 0 Å². The average Bonchev–Trinajstić information content (AvgIpc) is 3.13. The molecule has 5 nitrogen and oxygen atoms in total. The van der Waals surface area contributed by atoms with Gasteiger partial charge in [0, 0.05) is 24.4 Å². The quantitative estimate of drug-likeness (QED) is 0.788. The van der Waals surface area contributed by atoms with E-state index in [0.717, 1.165) is 19.4 Å². The molecule has 2 amide bonds. The minimum atomic E-state index is -0.505. The lowest BCUT2D eigenvalue weighted by Gasteiger charge is -2.35. The zero-order valence-electron chi connectivity index (χ0n) is 16.7. The van der Waals surface area contributed by atoms with Crippen molar-refractivity contribution in [1.29, 1.82) is 0 Å². The standard InChI is InChI=1S/C21H30FN3O2S/c1-24(2)12-11-23-19(26)18-14-28-21(15-7-4-3-5-8-15)25(18)20(27)16-9-6-10-17(22)13-16/h6,9-10,13,15,18,21H,3-5,7-8,11-12,14H2,1-2H3,(H,23,26)/t18-,21-/m0/s1. The molecule has 1 aromatic rings. The molecule has 0 aromatic heterocycles. The van der Waals surface area contributed by atoms with Crippen LogP contribution in [-0.2, 0) is 4.79 Å². The smallest absolute Gasteiger partial charge is 0.255 e. The van der Waals surface area contributed by atoms with E-state index in [0.29, 0.717) is 23.8 Å². The fraction of sp³-hybridized carbons (Fsp3) is 0.619. The topological polar surface area (TPSA) is 52.7 Å². The predicted octanol–water partition coefficient (Wildman–Crippen LogP) is 2.97. The number of hydrogen-bond acceptors (Lipinski definition) is 4. The summed E-state index contributed by atoms with van der Waals surface area (Å²) in [4.78, 5) is 29.9. The third kappa shape index (κ3) is 5.06. The van der Waals surface area contributed by atoms with Crippen molar-refractivity contribution in [2.75, 3.05) is 32.9 Å². The molecule has 3 rings (SSSR count). The number of halogens is 1. The first-order valence-corrected chi connectivity index (χ1v) is 11.1. The van der Waals surface area contributed by atoms with E-state index >= 15 is 0 Å². The average molecular weight is 408 g/mol. The number of amides is 2. The molecule has 0 radical (unpaired) electrons. The van der Waals surface area contributed by atoms with Gasteiger partial charge in [-0.15, -0.1) is 11.8 Å². The molecule has 2 aliphatic rings. The van der Waals surface area contributed by atoms with E-state index in [1.54, 1.807) is 28.8 Å². The summed E-state index contributed by atoms with van der Waals surface area (Å²) in [6, 6.07) is 5.28. The van der Waals surface area contributed by atoms with Crippen LogP contribution in [0.5, 0.6) is 0 Å². The van der Waals surface area contributed by atoms with Crippen LogP contribution in [0.3, 0.4) is 0 Å². The summed E-state index contributed by atoms with van der Waals surface area (Å²) in [7, 11) is 3.91. The highest BCUT2D eigenvalue weighted by atomic mass is 32.2. The number of nitrogens with one attached hydrogen (secondary N) is 1. The zero-order chi connectivity index (χ0) is 20.1. The van der Waals surface area contributed by atoms with Crippen molar-refractivity contribution in [2.45, 2.75) is 43.5 Å². The molecule has 1 aliphatic carbocycles. The van der Waals surface area contributed by atoms with Gasteiger partial charge in [-0.1, -0.05) is 25.3 Å². The van der Waals surface area contributed by atoms with Gasteiger partial charge in [0.2, 0.25) is 5.91 Å². The minimum Gasteiger partial charge on any atom is -0.353 e. The number of carbonyl (C=O) groups is 2. The highest BCUT2D eigenvalue weighted by molar-refractivity contribution is 8.00. The van der Waals surface area contributed by atoms with Gasteiger partial charge < -0.3 is 15.1 Å². The van der Waals surface area contributed by atoms with Crippen molar-refractivity contribution >= 4 is 23.6 Å². The maximum absolute atomic E-state index is 13.7. The highest BCUT2D eigenvalue weighted by Gasteiger charge is 2.45. The van der Waals surface area contributed by atoms with E-state index in [1.165, 1.54) is 31.4 Å². The van der Waals surface area contributed by atoms with Gasteiger partial charge in [0.1, 0.15) is 11.9 Å². The number of nitrogens with zero attached hydrogens (tertiary/aromatic N) is 2. The summed E-state index contributed by atoms with van der Waals surface area (Å²) in [6.45, 7) is 1.29. The van der Waals surface area contributed by atoms with E-state index in [1.807, 2.05) is 19.0 Å². The second-order valence-electron chi connectivity index (χ2n) is 7.95. The van der Waals surface area contributed by atoms with Gasteiger partial charge in [-0.05, 0) is 51.1 Å². The summed E-state index contributed by atoms with van der Waals surface area (Å²) in [5.41, 5.74) is 0.314. The molecule has 0 spiro atoms. The number of carbonyl (C=O) groups excluding carboxylic acids is 2. The number of rotatable bonds is 6. The molecule has 0 unspecified atom stereocenters. The van der Waals surface area contributed by atoms with Crippen molar-refractivity contribution in [3.63, 3.8) is 0 Å². The van der Waals surface area contributed by atoms with Gasteiger partial charge in [-0.3, -0.25) is 9.59 Å². The van der Waals surface area contributed by atoms with E-state index in [9.17, 15) is 14.0 Å². The lowest BCUT2D eigenvalue weighted by molar-refractivity contribution is -0.125. The molecule has 1 N–H and O–H groups in total. The largest absolute Gasteiger partial charge is 0.353 e. The summed E-state index contributed by atoms with van der Waals surface area (Å²) >= 11 is 1.70. The highest BCUT2D eigenvalue weighted by Crippen LogP contribution is 2.41. The van der Waals surface area contributed by atoms with Crippen LogP contribution in [0.15, 0.2) is 24.3 Å². The van der Waals surface area contributed by atoms with Crippen molar-refractivity contribution in [2.24, 2.45) is 5.92 Å². The molecule has 1 saturated carbocycles. The molecule has 28 heavy (non-hydrogen) atoms. The Hall–Kier alpha value is -1.60. The molecular formula is C21H30FN3O2S. The maximum Gasteiger partial charge on any atom is 0.255 e. The number of hydrogen-bond donors (Lipinski definition) is 1. The Morgan fingerprint density at radius 1 is 1.25 bits per heavy atom. The van der Waals surface area contributed by atoms with Gasteiger partial charge in [-0.2, -0.15) is 0 Å². The molecule has 1 aromatic carbocycles. The van der Waals surface area contributed by atoms with Gasteiger partial charge in [-0.25, -0.2) is 4.39 Å². The third-order valence-corrected chi connectivity index (χ3v) is 7.02. The summed E-state index contributed by atoms with van der Waals surface area (Å²) < 4.78 is 13.7. The summed E-state index contributed by atoms with van der Waals surface area (Å²) in [5, 5.41) is 2.95. The van der Waals surface area contributed by atoms with Crippen LogP contribution in [0, 0.1) is 11.7 Å². The summed E-state index contributed by atoms with van der Waals surface area (Å²) in [6.07, 6.45) is 5.74. The number of benzene rings is 1. The lowest BCUT2D eigenvalue weighted by Crippen LogP contribution is -2.52. The molecule has 7 heteroatoms. The Kier molecular flexibility index (Phi) is 7.35. The molecule has 1 heterocycles. The molecule has 1 aliphatic heterocycles. The third-order valence-electron chi connectivity index (χ3n) is 5.55. The van der Waals surface area contributed by atoms with Crippen molar-refractivity contribution < 1.29 is 14.0 Å². The van der Waals surface area contributed by atoms with Crippen molar-refractivity contribution in [3.8, 4) is 0 Å². The molecule has 2 fully saturated rings. The van der Waals surface area contributed by atoms with Crippen LogP contribution < -0.4 is 5.32 Å². The lowest BCUT2D eigenvalue weighted by atomic mass is 9.88. The van der Waals surface area contributed by atoms with E-state index in [2.05, 4.69) is 5.32 Å². The van der Waals surface area contributed by atoms with E-state index in [4.69, 9.17) is 0 Å². The Bertz CT molecular complexity index is 694. The molecule has 154 valence electrons. The SMILES string of the molecule is CN(C)CCNC(=O)[C@@H]1CS[C@@H](C2CCCCC2)N1C(=O)c1cccc(F)c1. The maximum atomic E-state index is 13.7.